The molecule has 3 aliphatic rings. The third-order valence-corrected chi connectivity index (χ3v) is 10.5. The summed E-state index contributed by atoms with van der Waals surface area (Å²) in [6, 6.07) is 24.4. The second-order valence-electron chi connectivity index (χ2n) is 16.7. The molecule has 58 heavy (non-hydrogen) atoms. The zero-order chi connectivity index (χ0) is 40.9. The summed E-state index contributed by atoms with van der Waals surface area (Å²) in [6.45, 7) is 13.6. The van der Waals surface area contributed by atoms with Crippen molar-refractivity contribution in [3.05, 3.63) is 102 Å². The number of nitrogens with zero attached hydrogens (tertiary/aromatic N) is 4. The molecule has 2 N–H and O–H groups in total. The van der Waals surface area contributed by atoms with E-state index < -0.39 is 11.4 Å². The van der Waals surface area contributed by atoms with Crippen molar-refractivity contribution in [3.8, 4) is 17.2 Å². The summed E-state index contributed by atoms with van der Waals surface area (Å²) in [6.07, 6.45) is 7.78. The van der Waals surface area contributed by atoms with E-state index in [0.29, 0.717) is 42.4 Å². The number of aromatic nitrogens is 2. The van der Waals surface area contributed by atoms with Crippen LogP contribution in [0.3, 0.4) is 0 Å². The fourth-order valence-electron chi connectivity index (χ4n) is 7.75. The summed E-state index contributed by atoms with van der Waals surface area (Å²) in [5.41, 5.74) is 1.92. The maximum atomic E-state index is 13.7. The van der Waals surface area contributed by atoms with Gasteiger partial charge in [-0.3, -0.25) is 14.8 Å². The van der Waals surface area contributed by atoms with Crippen LogP contribution in [0.1, 0.15) is 82.0 Å². The Hall–Kier alpha value is -5.46. The molecule has 3 aliphatic heterocycles. The number of methoxy groups -OCH3 is 1. The minimum Gasteiger partial charge on any atom is -0.493 e. The number of ether oxygens (including phenoxy) is 4. The van der Waals surface area contributed by atoms with Crippen molar-refractivity contribution < 1.29 is 28.5 Å². The monoisotopic (exact) mass is 788 g/mol. The molecule has 0 saturated carbocycles. The van der Waals surface area contributed by atoms with E-state index in [9.17, 15) is 9.59 Å². The number of pyridine rings is 2. The van der Waals surface area contributed by atoms with Crippen molar-refractivity contribution >= 4 is 33.5 Å². The Bertz CT molecular complexity index is 2230. The first kappa shape index (κ1) is 40.7. The maximum Gasteiger partial charge on any atom is 0.410 e. The van der Waals surface area contributed by atoms with E-state index in [1.807, 2.05) is 87.1 Å². The smallest absolute Gasteiger partial charge is 0.410 e. The van der Waals surface area contributed by atoms with Gasteiger partial charge in [0.25, 0.3) is 5.91 Å². The molecular weight excluding hydrogens is 733 g/mol. The van der Waals surface area contributed by atoms with Crippen LogP contribution in [0.15, 0.2) is 85.2 Å². The summed E-state index contributed by atoms with van der Waals surface area (Å²) >= 11 is 0. The zero-order valence-corrected chi connectivity index (χ0v) is 34.5. The minimum atomic E-state index is -0.806. The molecule has 3 aromatic carbocycles. The van der Waals surface area contributed by atoms with Crippen molar-refractivity contribution in [2.45, 2.75) is 96.9 Å². The summed E-state index contributed by atoms with van der Waals surface area (Å²) < 4.78 is 22.8. The molecule has 8 rings (SSSR count). The number of benzene rings is 3. The molecule has 12 nitrogen and oxygen atoms in total. The van der Waals surface area contributed by atoms with Gasteiger partial charge in [0, 0.05) is 80.8 Å². The molecule has 0 spiro atoms. The van der Waals surface area contributed by atoms with E-state index >= 15 is 0 Å². The van der Waals surface area contributed by atoms with Gasteiger partial charge in [-0.05, 0) is 88.0 Å². The highest BCUT2D eigenvalue weighted by Crippen LogP contribution is 2.47. The SMILES string of the molecule is CC(C)(C)OC(=O)N1CCC[C@H]1CNCc1cc2ccccc2cn1.COc1cc(C(=O)N(Cc2cc3ccccc3cn2)C[C@@H]2CCCN2)cc2c1OC(C)(C)O2. The highest BCUT2D eigenvalue weighted by Gasteiger charge is 2.36. The van der Waals surface area contributed by atoms with E-state index in [0.717, 1.165) is 72.9 Å². The molecule has 12 heteroatoms. The quantitative estimate of drug-likeness (QED) is 0.144. The first-order valence-electron chi connectivity index (χ1n) is 20.3. The number of carbonyl (C=O) groups is 2. The van der Waals surface area contributed by atoms with Crippen LogP contribution in [0.4, 0.5) is 4.79 Å². The van der Waals surface area contributed by atoms with Gasteiger partial charge in [0.2, 0.25) is 11.5 Å². The van der Waals surface area contributed by atoms with Gasteiger partial charge in [-0.25, -0.2) is 4.79 Å². The second-order valence-corrected chi connectivity index (χ2v) is 16.7. The Balaban J connectivity index is 0.000000184. The predicted octanol–water partition coefficient (Wildman–Crippen LogP) is 7.87. The van der Waals surface area contributed by atoms with Gasteiger partial charge in [-0.15, -0.1) is 0 Å². The number of rotatable bonds is 10. The molecule has 2 amide bonds. The van der Waals surface area contributed by atoms with Crippen LogP contribution in [-0.4, -0.2) is 88.5 Å². The molecule has 2 saturated heterocycles. The van der Waals surface area contributed by atoms with Crippen molar-refractivity contribution in [2.24, 2.45) is 0 Å². The second kappa shape index (κ2) is 17.6. The Kier molecular flexibility index (Phi) is 12.3. The van der Waals surface area contributed by atoms with Gasteiger partial charge in [0.15, 0.2) is 11.5 Å². The van der Waals surface area contributed by atoms with Gasteiger partial charge in [-0.1, -0.05) is 48.5 Å². The maximum absolute atomic E-state index is 13.7. The van der Waals surface area contributed by atoms with E-state index in [1.165, 1.54) is 5.39 Å². The topological polar surface area (TPSA) is 127 Å². The number of fused-ring (bicyclic) bond motifs is 3. The van der Waals surface area contributed by atoms with E-state index in [4.69, 9.17) is 18.9 Å². The molecule has 2 atom stereocenters. The van der Waals surface area contributed by atoms with Gasteiger partial charge in [-0.2, -0.15) is 0 Å². The van der Waals surface area contributed by atoms with Gasteiger partial charge < -0.3 is 39.4 Å². The number of hydrogen-bond donors (Lipinski definition) is 2. The molecular formula is C46H56N6O6. The van der Waals surface area contributed by atoms with Crippen LogP contribution in [0, 0.1) is 0 Å². The molecule has 5 aromatic rings. The number of carbonyl (C=O) groups excluding carboxylic acids is 2. The summed E-state index contributed by atoms with van der Waals surface area (Å²) in [4.78, 5) is 38.9. The van der Waals surface area contributed by atoms with Gasteiger partial charge in [0.1, 0.15) is 5.60 Å². The average Bonchev–Trinajstić information content (AvgIpc) is 3.96. The van der Waals surface area contributed by atoms with Gasteiger partial charge >= 0.3 is 6.09 Å². The lowest BCUT2D eigenvalue weighted by molar-refractivity contribution is -0.0439. The molecule has 0 aliphatic carbocycles. The lowest BCUT2D eigenvalue weighted by atomic mass is 10.1. The Morgan fingerprint density at radius 1 is 0.914 bits per heavy atom. The summed E-state index contributed by atoms with van der Waals surface area (Å²) in [7, 11) is 1.57. The largest absolute Gasteiger partial charge is 0.493 e. The predicted molar refractivity (Wildman–Crippen MR) is 225 cm³/mol. The van der Waals surface area contributed by atoms with Crippen LogP contribution in [0.2, 0.25) is 0 Å². The van der Waals surface area contributed by atoms with E-state index in [1.54, 1.807) is 19.2 Å². The molecule has 5 heterocycles. The minimum absolute atomic E-state index is 0.0898. The van der Waals surface area contributed by atoms with Crippen molar-refractivity contribution in [1.82, 2.24) is 30.4 Å². The fraction of sp³-hybridized carbons (Fsp3) is 0.435. The van der Waals surface area contributed by atoms with Crippen LogP contribution in [0.5, 0.6) is 17.2 Å². The zero-order valence-electron chi connectivity index (χ0n) is 34.5. The van der Waals surface area contributed by atoms with Crippen molar-refractivity contribution in [2.75, 3.05) is 33.3 Å². The molecule has 0 radical (unpaired) electrons. The molecule has 2 aromatic heterocycles. The molecule has 0 bridgehead atoms. The number of hydrogen-bond acceptors (Lipinski definition) is 10. The summed E-state index contributed by atoms with van der Waals surface area (Å²) in [5.74, 6) is 0.640. The van der Waals surface area contributed by atoms with Crippen LogP contribution in [0.25, 0.3) is 21.5 Å². The van der Waals surface area contributed by atoms with Crippen molar-refractivity contribution in [3.63, 3.8) is 0 Å². The first-order valence-corrected chi connectivity index (χ1v) is 20.3. The van der Waals surface area contributed by atoms with Crippen molar-refractivity contribution in [1.29, 1.82) is 0 Å². The van der Waals surface area contributed by atoms with Crippen LogP contribution < -0.4 is 24.8 Å². The normalized spacial score (nSPS) is 18.2. The first-order chi connectivity index (χ1) is 27.8. The Labute approximate surface area is 341 Å². The molecule has 306 valence electrons. The third kappa shape index (κ3) is 10.2. The molecule has 0 unspecified atom stereocenters. The average molecular weight is 789 g/mol. The van der Waals surface area contributed by atoms with Crippen LogP contribution >= 0.6 is 0 Å². The lowest BCUT2D eigenvalue weighted by Gasteiger charge is -2.28. The highest BCUT2D eigenvalue weighted by molar-refractivity contribution is 5.96. The Morgan fingerprint density at radius 3 is 2.24 bits per heavy atom. The van der Waals surface area contributed by atoms with Gasteiger partial charge in [0.05, 0.1) is 25.0 Å². The van der Waals surface area contributed by atoms with Crippen LogP contribution in [-0.2, 0) is 17.8 Å². The number of nitrogens with one attached hydrogen (secondary N) is 2. The number of amides is 2. The standard InChI is InChI=1S/C26H29N3O4.C20H27N3O2/c1-26(2)32-23-13-19(12-22(31-3)24(23)33-26)25(30)29(15-20-9-6-10-27-20)16-21-11-17-7-4-5-8-18(17)14-28-21;1-20(2,3)25-19(24)23-10-6-9-18(23)14-21-13-17-11-15-7-4-5-8-16(15)12-22-17/h4-5,7-8,11-14,20,27H,6,9-10,15-16H2,1-3H3;4-5,7-8,11-12,18,21H,6,9-10,13-14H2,1-3H3/t20-;18-/m00/s1. The summed E-state index contributed by atoms with van der Waals surface area (Å²) in [5, 5.41) is 11.5. The Morgan fingerprint density at radius 2 is 1.59 bits per heavy atom. The van der Waals surface area contributed by atoms with E-state index in [-0.39, 0.29) is 24.1 Å². The highest BCUT2D eigenvalue weighted by atomic mass is 16.7. The lowest BCUT2D eigenvalue weighted by Crippen LogP contribution is -2.44. The third-order valence-electron chi connectivity index (χ3n) is 10.5. The fourth-order valence-corrected chi connectivity index (χ4v) is 7.75. The molecule has 2 fully saturated rings. The van der Waals surface area contributed by atoms with E-state index in [2.05, 4.69) is 50.9 Å². The number of likely N-dealkylation sites (tertiary alicyclic amines) is 1.